The minimum absolute atomic E-state index is 0.0253. The Hall–Kier alpha value is -2.32. The van der Waals surface area contributed by atoms with E-state index in [0.29, 0.717) is 18.9 Å². The van der Waals surface area contributed by atoms with E-state index in [-0.39, 0.29) is 11.6 Å². The predicted octanol–water partition coefficient (Wildman–Crippen LogP) is 0.195. The monoisotopic (exact) mass is 391 g/mol. The standard InChI is InChI=1S/C19H33N7O2/c1-20-17(27)14-15-7-12-24(13-8-15)18(21-2)22-9-5-11-26-19(28)25-10-4-3-6-16(25)23-26/h15H,3-14H2,1-2H3,(H,20,27)(H,21,22). The van der Waals surface area contributed by atoms with Crippen LogP contribution in [0.5, 0.6) is 0 Å². The highest BCUT2D eigenvalue weighted by atomic mass is 16.2. The number of aliphatic imine (C=N–C) groups is 1. The molecule has 0 radical (unpaired) electrons. The lowest BCUT2D eigenvalue weighted by Crippen LogP contribution is -2.46. The number of amides is 1. The van der Waals surface area contributed by atoms with Crippen LogP contribution in [0.25, 0.3) is 0 Å². The van der Waals surface area contributed by atoms with Gasteiger partial charge >= 0.3 is 5.69 Å². The van der Waals surface area contributed by atoms with E-state index < -0.39 is 0 Å². The largest absolute Gasteiger partial charge is 0.359 e. The zero-order chi connectivity index (χ0) is 19.9. The summed E-state index contributed by atoms with van der Waals surface area (Å²) in [7, 11) is 3.49. The van der Waals surface area contributed by atoms with Gasteiger partial charge in [0.15, 0.2) is 5.96 Å². The van der Waals surface area contributed by atoms with E-state index in [9.17, 15) is 9.59 Å². The van der Waals surface area contributed by atoms with Gasteiger partial charge in [-0.25, -0.2) is 9.48 Å². The number of nitrogens with one attached hydrogen (secondary N) is 2. The minimum atomic E-state index is 0.0253. The molecule has 0 spiro atoms. The molecule has 2 aliphatic rings. The Balaban J connectivity index is 1.41. The van der Waals surface area contributed by atoms with Crippen molar-refractivity contribution >= 4 is 11.9 Å². The molecule has 0 aliphatic carbocycles. The van der Waals surface area contributed by atoms with E-state index in [0.717, 1.165) is 76.5 Å². The van der Waals surface area contributed by atoms with Crippen molar-refractivity contribution in [3.8, 4) is 0 Å². The lowest BCUT2D eigenvalue weighted by atomic mass is 9.93. The zero-order valence-corrected chi connectivity index (χ0v) is 17.1. The SMILES string of the molecule is CN=C(NCCCn1nc2n(c1=O)CCCC2)N1CCC(CC(=O)NC)CC1. The van der Waals surface area contributed by atoms with Crippen LogP contribution in [0.3, 0.4) is 0 Å². The first-order valence-corrected chi connectivity index (χ1v) is 10.4. The van der Waals surface area contributed by atoms with Gasteiger partial charge in [-0.05, 0) is 38.0 Å². The molecule has 9 heteroatoms. The third-order valence-corrected chi connectivity index (χ3v) is 5.74. The van der Waals surface area contributed by atoms with Crippen LogP contribution in [0.1, 0.15) is 44.3 Å². The number of likely N-dealkylation sites (tertiary alicyclic amines) is 1. The first-order valence-electron chi connectivity index (χ1n) is 10.4. The van der Waals surface area contributed by atoms with Crippen molar-refractivity contribution in [3.63, 3.8) is 0 Å². The molecule has 1 aromatic heterocycles. The number of piperidine rings is 1. The molecule has 0 saturated carbocycles. The molecule has 0 unspecified atom stereocenters. The number of aryl methyl sites for hydroxylation is 2. The Bertz CT molecular complexity index is 744. The molecular weight excluding hydrogens is 358 g/mol. The molecule has 1 fully saturated rings. The average molecular weight is 392 g/mol. The van der Waals surface area contributed by atoms with Gasteiger partial charge in [0, 0.05) is 59.7 Å². The van der Waals surface area contributed by atoms with Gasteiger partial charge in [0.25, 0.3) is 0 Å². The van der Waals surface area contributed by atoms with Crippen molar-refractivity contribution in [1.29, 1.82) is 0 Å². The van der Waals surface area contributed by atoms with E-state index in [1.807, 2.05) is 4.57 Å². The smallest absolute Gasteiger partial charge is 0.345 e. The van der Waals surface area contributed by atoms with Crippen molar-refractivity contribution in [2.24, 2.45) is 10.9 Å². The average Bonchev–Trinajstić information content (AvgIpc) is 3.05. The van der Waals surface area contributed by atoms with E-state index in [4.69, 9.17) is 0 Å². The summed E-state index contributed by atoms with van der Waals surface area (Å²) in [4.78, 5) is 30.5. The highest BCUT2D eigenvalue weighted by molar-refractivity contribution is 5.80. The fourth-order valence-corrected chi connectivity index (χ4v) is 4.07. The number of carbonyl (C=O) groups is 1. The van der Waals surface area contributed by atoms with E-state index in [1.165, 1.54) is 0 Å². The third-order valence-electron chi connectivity index (χ3n) is 5.74. The van der Waals surface area contributed by atoms with Crippen LogP contribution in [-0.2, 0) is 24.3 Å². The maximum Gasteiger partial charge on any atom is 0.345 e. The molecule has 9 nitrogen and oxygen atoms in total. The second kappa shape index (κ2) is 9.75. The lowest BCUT2D eigenvalue weighted by molar-refractivity contribution is -0.121. The minimum Gasteiger partial charge on any atom is -0.359 e. The van der Waals surface area contributed by atoms with E-state index >= 15 is 0 Å². The Morgan fingerprint density at radius 2 is 2.04 bits per heavy atom. The van der Waals surface area contributed by atoms with Crippen LogP contribution in [0.15, 0.2) is 9.79 Å². The summed E-state index contributed by atoms with van der Waals surface area (Å²) in [5.41, 5.74) is 0.0253. The molecule has 1 amide bonds. The molecule has 28 heavy (non-hydrogen) atoms. The topological polar surface area (TPSA) is 96.6 Å². The maximum absolute atomic E-state index is 12.4. The summed E-state index contributed by atoms with van der Waals surface area (Å²) >= 11 is 0. The molecular formula is C19H33N7O2. The van der Waals surface area contributed by atoms with Gasteiger partial charge in [-0.3, -0.25) is 14.4 Å². The Labute approximate surface area is 166 Å². The Kier molecular flexibility index (Phi) is 7.11. The van der Waals surface area contributed by atoms with Crippen LogP contribution < -0.4 is 16.3 Å². The van der Waals surface area contributed by atoms with Crippen molar-refractivity contribution < 1.29 is 4.79 Å². The quantitative estimate of drug-likeness (QED) is 0.410. The number of hydrogen-bond donors (Lipinski definition) is 2. The van der Waals surface area contributed by atoms with Crippen molar-refractivity contribution in [1.82, 2.24) is 29.9 Å². The second-order valence-corrected chi connectivity index (χ2v) is 7.67. The first kappa shape index (κ1) is 20.4. The molecule has 3 rings (SSSR count). The molecule has 2 aliphatic heterocycles. The molecule has 1 aromatic rings. The van der Waals surface area contributed by atoms with Gasteiger partial charge in [-0.1, -0.05) is 0 Å². The number of hydrogen-bond acceptors (Lipinski definition) is 4. The Morgan fingerprint density at radius 1 is 1.25 bits per heavy atom. The van der Waals surface area contributed by atoms with Crippen molar-refractivity contribution in [3.05, 3.63) is 16.3 Å². The normalized spacial score (nSPS) is 18.1. The summed E-state index contributed by atoms with van der Waals surface area (Å²) < 4.78 is 3.42. The van der Waals surface area contributed by atoms with Crippen LogP contribution in [-0.4, -0.2) is 64.8 Å². The van der Waals surface area contributed by atoms with Gasteiger partial charge in [-0.2, -0.15) is 5.10 Å². The zero-order valence-electron chi connectivity index (χ0n) is 17.1. The van der Waals surface area contributed by atoms with Crippen LogP contribution >= 0.6 is 0 Å². The fourth-order valence-electron chi connectivity index (χ4n) is 4.07. The van der Waals surface area contributed by atoms with E-state index in [1.54, 1.807) is 18.8 Å². The number of fused-ring (bicyclic) bond motifs is 1. The van der Waals surface area contributed by atoms with E-state index in [2.05, 4.69) is 25.6 Å². The Morgan fingerprint density at radius 3 is 2.71 bits per heavy atom. The number of rotatable bonds is 6. The van der Waals surface area contributed by atoms with Crippen LogP contribution in [0.2, 0.25) is 0 Å². The lowest BCUT2D eigenvalue weighted by Gasteiger charge is -2.34. The summed E-state index contributed by atoms with van der Waals surface area (Å²) in [5, 5.41) is 10.6. The predicted molar refractivity (Wildman–Crippen MR) is 108 cm³/mol. The van der Waals surface area contributed by atoms with Crippen LogP contribution in [0, 0.1) is 5.92 Å². The molecule has 3 heterocycles. The first-order chi connectivity index (χ1) is 13.6. The third kappa shape index (κ3) is 4.94. The summed E-state index contributed by atoms with van der Waals surface area (Å²) in [6.45, 7) is 3.99. The summed E-state index contributed by atoms with van der Waals surface area (Å²) in [6.07, 6.45) is 6.53. The molecule has 0 atom stereocenters. The number of aromatic nitrogens is 3. The van der Waals surface area contributed by atoms with Gasteiger partial charge < -0.3 is 15.5 Å². The van der Waals surface area contributed by atoms with Crippen molar-refractivity contribution in [2.45, 2.75) is 58.0 Å². The fraction of sp³-hybridized carbons (Fsp3) is 0.789. The van der Waals surface area contributed by atoms with Crippen molar-refractivity contribution in [2.75, 3.05) is 33.7 Å². The van der Waals surface area contributed by atoms with Gasteiger partial charge in [0.1, 0.15) is 5.82 Å². The maximum atomic E-state index is 12.4. The summed E-state index contributed by atoms with van der Waals surface area (Å²) in [6, 6.07) is 0. The highest BCUT2D eigenvalue weighted by Crippen LogP contribution is 2.20. The number of carbonyl (C=O) groups excluding carboxylic acids is 1. The molecule has 2 N–H and O–H groups in total. The molecule has 156 valence electrons. The number of nitrogens with zero attached hydrogens (tertiary/aromatic N) is 5. The summed E-state index contributed by atoms with van der Waals surface area (Å²) in [5.74, 6) is 2.40. The second-order valence-electron chi connectivity index (χ2n) is 7.67. The van der Waals surface area contributed by atoms with Gasteiger partial charge in [-0.15, -0.1) is 0 Å². The molecule has 0 bridgehead atoms. The number of guanidine groups is 1. The molecule has 0 aromatic carbocycles. The van der Waals surface area contributed by atoms with Gasteiger partial charge in [0.2, 0.25) is 5.91 Å². The van der Waals surface area contributed by atoms with Crippen LogP contribution in [0.4, 0.5) is 0 Å². The molecule has 1 saturated heterocycles. The highest BCUT2D eigenvalue weighted by Gasteiger charge is 2.23. The van der Waals surface area contributed by atoms with Gasteiger partial charge in [0.05, 0.1) is 0 Å².